The fourth-order valence-electron chi connectivity index (χ4n) is 4.41. The molecule has 148 valence electrons. The number of aromatic amines is 1. The third-order valence-corrected chi connectivity index (χ3v) is 5.90. The topological polar surface area (TPSA) is 51.4 Å². The summed E-state index contributed by atoms with van der Waals surface area (Å²) in [6.07, 6.45) is 7.36. The summed E-state index contributed by atoms with van der Waals surface area (Å²) in [5.74, 6) is 0.266. The lowest BCUT2D eigenvalue weighted by molar-refractivity contribution is -0.133. The van der Waals surface area contributed by atoms with Crippen LogP contribution >= 0.6 is 12.4 Å². The van der Waals surface area contributed by atoms with Gasteiger partial charge in [0, 0.05) is 42.8 Å². The molecule has 0 radical (unpaired) electrons. The predicted molar refractivity (Wildman–Crippen MR) is 113 cm³/mol. The quantitative estimate of drug-likeness (QED) is 0.797. The van der Waals surface area contributed by atoms with Crippen LogP contribution in [0.2, 0.25) is 0 Å². The molecular formula is C21H31ClN4O. The summed E-state index contributed by atoms with van der Waals surface area (Å²) in [5.41, 5.74) is 2.22. The van der Waals surface area contributed by atoms with Gasteiger partial charge in [0.25, 0.3) is 0 Å². The van der Waals surface area contributed by atoms with Crippen LogP contribution in [0.15, 0.2) is 30.5 Å². The minimum atomic E-state index is 0. The van der Waals surface area contributed by atoms with Gasteiger partial charge in [0.05, 0.1) is 6.42 Å². The number of rotatable bonds is 6. The lowest BCUT2D eigenvalue weighted by atomic mass is 10.0. The van der Waals surface area contributed by atoms with E-state index in [-0.39, 0.29) is 18.3 Å². The molecule has 5 nitrogen and oxygen atoms in total. The lowest BCUT2D eigenvalue weighted by Crippen LogP contribution is -2.51. The summed E-state index contributed by atoms with van der Waals surface area (Å²) in [4.78, 5) is 21.2. The summed E-state index contributed by atoms with van der Waals surface area (Å²) in [7, 11) is 0. The van der Waals surface area contributed by atoms with Crippen LogP contribution < -0.4 is 5.32 Å². The molecule has 0 aliphatic carbocycles. The Hall–Kier alpha value is -1.56. The smallest absolute Gasteiger partial charge is 0.227 e. The van der Waals surface area contributed by atoms with E-state index in [0.717, 1.165) is 50.1 Å². The number of para-hydroxylation sites is 1. The molecule has 0 spiro atoms. The molecule has 1 amide bonds. The van der Waals surface area contributed by atoms with Gasteiger partial charge in [-0.25, -0.2) is 0 Å². The molecule has 2 aliphatic heterocycles. The number of hydrogen-bond acceptors (Lipinski definition) is 3. The monoisotopic (exact) mass is 390 g/mol. The summed E-state index contributed by atoms with van der Waals surface area (Å²) in [6.45, 7) is 6.25. The Labute approximate surface area is 167 Å². The van der Waals surface area contributed by atoms with Gasteiger partial charge in [-0.2, -0.15) is 0 Å². The molecule has 0 saturated carbocycles. The number of halogens is 1. The number of fused-ring (bicyclic) bond motifs is 1. The van der Waals surface area contributed by atoms with Crippen LogP contribution in [0.3, 0.4) is 0 Å². The van der Waals surface area contributed by atoms with Crippen LogP contribution in [0.1, 0.15) is 31.2 Å². The average Bonchev–Trinajstić information content (AvgIpc) is 3.33. The number of carbonyl (C=O) groups is 1. The van der Waals surface area contributed by atoms with Crippen molar-refractivity contribution in [3.8, 4) is 0 Å². The number of piperidine rings is 1. The molecular weight excluding hydrogens is 360 g/mol. The second-order valence-electron chi connectivity index (χ2n) is 7.67. The van der Waals surface area contributed by atoms with E-state index in [1.54, 1.807) is 0 Å². The lowest BCUT2D eigenvalue weighted by Gasteiger charge is -2.36. The van der Waals surface area contributed by atoms with Crippen LogP contribution in [0.4, 0.5) is 0 Å². The molecule has 2 saturated heterocycles. The molecule has 3 heterocycles. The average molecular weight is 391 g/mol. The normalized spacial score (nSPS) is 20.5. The van der Waals surface area contributed by atoms with Gasteiger partial charge < -0.3 is 20.1 Å². The van der Waals surface area contributed by atoms with Gasteiger partial charge in [0.1, 0.15) is 0 Å². The van der Waals surface area contributed by atoms with E-state index in [4.69, 9.17) is 0 Å². The standard InChI is InChI=1S/C21H30N4O.ClH/c26-21(14-17-15-23-20-8-2-1-7-19(17)20)25(18-6-5-9-22-16-18)13-12-24-10-3-4-11-24;/h1-2,7-8,15,18,22-23H,3-6,9-14,16H2;1H. The Balaban J connectivity index is 0.00000210. The van der Waals surface area contributed by atoms with E-state index < -0.39 is 0 Å². The van der Waals surface area contributed by atoms with E-state index in [0.29, 0.717) is 12.5 Å². The highest BCUT2D eigenvalue weighted by atomic mass is 35.5. The van der Waals surface area contributed by atoms with Gasteiger partial charge >= 0.3 is 0 Å². The molecule has 2 N–H and O–H groups in total. The molecule has 1 aromatic heterocycles. The van der Waals surface area contributed by atoms with Crippen molar-refractivity contribution in [2.45, 2.75) is 38.1 Å². The number of likely N-dealkylation sites (tertiary alicyclic amines) is 1. The second-order valence-corrected chi connectivity index (χ2v) is 7.67. The molecule has 1 atom stereocenters. The maximum absolute atomic E-state index is 13.2. The van der Waals surface area contributed by atoms with Crippen molar-refractivity contribution in [2.24, 2.45) is 0 Å². The van der Waals surface area contributed by atoms with Gasteiger partial charge in [-0.05, 0) is 56.9 Å². The number of nitrogens with one attached hydrogen (secondary N) is 2. The Morgan fingerprint density at radius 2 is 2.00 bits per heavy atom. The summed E-state index contributed by atoms with van der Waals surface area (Å²) >= 11 is 0. The Morgan fingerprint density at radius 3 is 2.78 bits per heavy atom. The van der Waals surface area contributed by atoms with Gasteiger partial charge in [-0.1, -0.05) is 18.2 Å². The van der Waals surface area contributed by atoms with Crippen molar-refractivity contribution in [1.82, 2.24) is 20.1 Å². The number of carbonyl (C=O) groups excluding carboxylic acids is 1. The molecule has 6 heteroatoms. The fourth-order valence-corrected chi connectivity index (χ4v) is 4.41. The molecule has 2 aromatic rings. The zero-order valence-electron chi connectivity index (χ0n) is 16.0. The van der Waals surface area contributed by atoms with Crippen molar-refractivity contribution < 1.29 is 4.79 Å². The molecule has 1 unspecified atom stereocenters. The predicted octanol–water partition coefficient (Wildman–Crippen LogP) is 2.81. The van der Waals surface area contributed by atoms with Gasteiger partial charge in [0.15, 0.2) is 0 Å². The van der Waals surface area contributed by atoms with Crippen LogP contribution in [0.5, 0.6) is 0 Å². The zero-order chi connectivity index (χ0) is 17.8. The van der Waals surface area contributed by atoms with Gasteiger partial charge in [-0.15, -0.1) is 12.4 Å². The largest absolute Gasteiger partial charge is 0.361 e. The van der Waals surface area contributed by atoms with Crippen LogP contribution in [0, 0.1) is 0 Å². The maximum atomic E-state index is 13.2. The second kappa shape index (κ2) is 9.58. The number of aromatic nitrogens is 1. The first-order valence-electron chi connectivity index (χ1n) is 10.1. The summed E-state index contributed by atoms with van der Waals surface area (Å²) in [6, 6.07) is 8.58. The number of benzene rings is 1. The minimum Gasteiger partial charge on any atom is -0.361 e. The fraction of sp³-hybridized carbons (Fsp3) is 0.571. The van der Waals surface area contributed by atoms with E-state index in [1.165, 1.54) is 31.3 Å². The van der Waals surface area contributed by atoms with Crippen LogP contribution in [-0.4, -0.2) is 66.0 Å². The molecule has 27 heavy (non-hydrogen) atoms. The van der Waals surface area contributed by atoms with Crippen LogP contribution in [-0.2, 0) is 11.2 Å². The first kappa shape index (κ1) is 20.2. The maximum Gasteiger partial charge on any atom is 0.227 e. The van der Waals surface area contributed by atoms with E-state index in [2.05, 4.69) is 32.2 Å². The Kier molecular flexibility index (Phi) is 7.16. The van der Waals surface area contributed by atoms with Crippen molar-refractivity contribution in [2.75, 3.05) is 39.3 Å². The van der Waals surface area contributed by atoms with Crippen molar-refractivity contribution in [1.29, 1.82) is 0 Å². The highest BCUT2D eigenvalue weighted by molar-refractivity contribution is 5.89. The van der Waals surface area contributed by atoms with Crippen molar-refractivity contribution >= 4 is 29.2 Å². The highest BCUT2D eigenvalue weighted by Crippen LogP contribution is 2.20. The number of hydrogen-bond donors (Lipinski definition) is 2. The Morgan fingerprint density at radius 1 is 1.19 bits per heavy atom. The molecule has 2 fully saturated rings. The summed E-state index contributed by atoms with van der Waals surface area (Å²) in [5, 5.41) is 4.64. The van der Waals surface area contributed by atoms with Crippen LogP contribution in [0.25, 0.3) is 10.9 Å². The van der Waals surface area contributed by atoms with E-state index in [9.17, 15) is 4.79 Å². The highest BCUT2D eigenvalue weighted by Gasteiger charge is 2.26. The Bertz CT molecular complexity index is 735. The number of H-pyrrole nitrogens is 1. The molecule has 0 bridgehead atoms. The third-order valence-electron chi connectivity index (χ3n) is 5.90. The number of amides is 1. The minimum absolute atomic E-state index is 0. The molecule has 1 aromatic carbocycles. The number of nitrogens with zero attached hydrogens (tertiary/aromatic N) is 2. The van der Waals surface area contributed by atoms with Crippen molar-refractivity contribution in [3.05, 3.63) is 36.0 Å². The molecule has 2 aliphatic rings. The molecule has 4 rings (SSSR count). The van der Waals surface area contributed by atoms with Gasteiger partial charge in [-0.3, -0.25) is 4.79 Å². The van der Waals surface area contributed by atoms with E-state index >= 15 is 0 Å². The first-order valence-corrected chi connectivity index (χ1v) is 10.1. The SMILES string of the molecule is Cl.O=C(Cc1c[nH]c2ccccc12)N(CCN1CCCC1)C1CCCNC1. The van der Waals surface area contributed by atoms with Gasteiger partial charge in [0.2, 0.25) is 5.91 Å². The van der Waals surface area contributed by atoms with E-state index in [1.807, 2.05) is 18.3 Å². The zero-order valence-corrected chi connectivity index (χ0v) is 16.8. The van der Waals surface area contributed by atoms with Crippen molar-refractivity contribution in [3.63, 3.8) is 0 Å². The summed E-state index contributed by atoms with van der Waals surface area (Å²) < 4.78 is 0. The first-order chi connectivity index (χ1) is 12.8. The third kappa shape index (κ3) is 4.84.